The zero-order chi connectivity index (χ0) is 14.8. The normalized spacial score (nSPS) is 21.2. The summed E-state index contributed by atoms with van der Waals surface area (Å²) >= 11 is 0. The van der Waals surface area contributed by atoms with Crippen molar-refractivity contribution in [3.8, 4) is 0 Å². The summed E-state index contributed by atoms with van der Waals surface area (Å²) in [5, 5.41) is 3.33. The summed E-state index contributed by atoms with van der Waals surface area (Å²) in [6, 6.07) is 0.736. The highest BCUT2D eigenvalue weighted by Crippen LogP contribution is 2.12. The minimum atomic E-state index is 0.294. The number of nitrogens with two attached hydrogens (primary N) is 1. The smallest absolute Gasteiger partial charge is 0.229 e. The first-order chi connectivity index (χ1) is 10.1. The lowest BCUT2D eigenvalue weighted by atomic mass is 10.1. The molecular weight excluding hydrogens is 268 g/mol. The van der Waals surface area contributed by atoms with Crippen LogP contribution in [0.15, 0.2) is 0 Å². The fraction of sp³-hybridized carbons (Fsp3) is 0.769. The van der Waals surface area contributed by atoms with Crippen LogP contribution in [0, 0.1) is 0 Å². The van der Waals surface area contributed by atoms with Gasteiger partial charge in [0.2, 0.25) is 11.9 Å². The number of hydrogen-bond donors (Lipinski definition) is 2. The molecule has 0 aliphatic carbocycles. The number of piperazine rings is 1. The molecule has 2 aliphatic rings. The Morgan fingerprint density at radius 3 is 2.43 bits per heavy atom. The van der Waals surface area contributed by atoms with E-state index in [1.807, 2.05) is 19.0 Å². The van der Waals surface area contributed by atoms with Gasteiger partial charge in [0.05, 0.1) is 6.54 Å². The predicted octanol–water partition coefficient (Wildman–Crippen LogP) is -1.39. The van der Waals surface area contributed by atoms with Crippen LogP contribution in [0.25, 0.3) is 0 Å². The van der Waals surface area contributed by atoms with E-state index in [-0.39, 0.29) is 0 Å². The summed E-state index contributed by atoms with van der Waals surface area (Å²) in [4.78, 5) is 19.7. The maximum Gasteiger partial charge on any atom is 0.229 e. The second kappa shape index (κ2) is 6.08. The van der Waals surface area contributed by atoms with Crippen molar-refractivity contribution in [2.24, 2.45) is 0 Å². The SMILES string of the molecule is CN(C)c1nc(N)nc(CN2CCN(C3CNC3)CC2)n1. The zero-order valence-electron chi connectivity index (χ0n) is 12.8. The molecule has 8 nitrogen and oxygen atoms in total. The molecule has 1 aromatic heterocycles. The van der Waals surface area contributed by atoms with E-state index in [2.05, 4.69) is 30.1 Å². The van der Waals surface area contributed by atoms with E-state index in [9.17, 15) is 0 Å². The summed E-state index contributed by atoms with van der Waals surface area (Å²) in [5.74, 6) is 1.67. The number of hydrogen-bond acceptors (Lipinski definition) is 8. The number of anilines is 2. The van der Waals surface area contributed by atoms with Crippen molar-refractivity contribution < 1.29 is 0 Å². The van der Waals surface area contributed by atoms with Gasteiger partial charge >= 0.3 is 0 Å². The van der Waals surface area contributed by atoms with Crippen molar-refractivity contribution in [2.75, 3.05) is 64.0 Å². The highest BCUT2D eigenvalue weighted by molar-refractivity contribution is 5.32. The number of nitrogen functional groups attached to an aromatic ring is 1. The Morgan fingerprint density at radius 2 is 1.86 bits per heavy atom. The molecule has 21 heavy (non-hydrogen) atoms. The fourth-order valence-corrected chi connectivity index (χ4v) is 2.71. The Kier molecular flexibility index (Phi) is 4.18. The molecule has 0 saturated carbocycles. The second-order valence-electron chi connectivity index (χ2n) is 5.93. The lowest BCUT2D eigenvalue weighted by Gasteiger charge is -2.43. The molecule has 116 valence electrons. The van der Waals surface area contributed by atoms with Crippen LogP contribution in [0.3, 0.4) is 0 Å². The van der Waals surface area contributed by atoms with Crippen LogP contribution in [-0.2, 0) is 6.54 Å². The zero-order valence-corrected chi connectivity index (χ0v) is 12.8. The van der Waals surface area contributed by atoms with Gasteiger partial charge in [-0.15, -0.1) is 0 Å². The molecule has 2 aliphatic heterocycles. The van der Waals surface area contributed by atoms with Gasteiger partial charge < -0.3 is 16.0 Å². The maximum atomic E-state index is 5.77. The largest absolute Gasteiger partial charge is 0.368 e. The Balaban J connectivity index is 1.57. The van der Waals surface area contributed by atoms with Crippen molar-refractivity contribution in [2.45, 2.75) is 12.6 Å². The fourth-order valence-electron chi connectivity index (χ4n) is 2.71. The molecule has 8 heteroatoms. The van der Waals surface area contributed by atoms with Gasteiger partial charge in [0.1, 0.15) is 5.82 Å². The minimum absolute atomic E-state index is 0.294. The first-order valence-corrected chi connectivity index (χ1v) is 7.46. The van der Waals surface area contributed by atoms with E-state index in [1.54, 1.807) is 0 Å². The van der Waals surface area contributed by atoms with Crippen LogP contribution in [-0.4, -0.2) is 84.2 Å². The van der Waals surface area contributed by atoms with E-state index in [0.29, 0.717) is 11.9 Å². The van der Waals surface area contributed by atoms with Crippen LogP contribution in [0.4, 0.5) is 11.9 Å². The van der Waals surface area contributed by atoms with E-state index in [0.717, 1.165) is 57.7 Å². The van der Waals surface area contributed by atoms with E-state index in [1.165, 1.54) is 0 Å². The van der Waals surface area contributed by atoms with Crippen molar-refractivity contribution in [1.29, 1.82) is 0 Å². The van der Waals surface area contributed by atoms with Gasteiger partial charge in [0.25, 0.3) is 0 Å². The number of nitrogens with zero attached hydrogens (tertiary/aromatic N) is 6. The Bertz CT molecular complexity index is 479. The third-order valence-corrected chi connectivity index (χ3v) is 4.14. The molecule has 0 unspecified atom stereocenters. The predicted molar refractivity (Wildman–Crippen MR) is 82.1 cm³/mol. The van der Waals surface area contributed by atoms with E-state index >= 15 is 0 Å². The molecule has 3 heterocycles. The molecule has 2 saturated heterocycles. The van der Waals surface area contributed by atoms with E-state index < -0.39 is 0 Å². The summed E-state index contributed by atoms with van der Waals surface area (Å²) in [5.41, 5.74) is 5.77. The molecule has 0 radical (unpaired) electrons. The van der Waals surface area contributed by atoms with Gasteiger partial charge in [0, 0.05) is 59.4 Å². The number of rotatable bonds is 4. The van der Waals surface area contributed by atoms with Gasteiger partial charge in [-0.1, -0.05) is 0 Å². The quantitative estimate of drug-likeness (QED) is 0.701. The number of aromatic nitrogens is 3. The van der Waals surface area contributed by atoms with Crippen molar-refractivity contribution in [3.63, 3.8) is 0 Å². The summed E-state index contributed by atoms with van der Waals surface area (Å²) in [6.07, 6.45) is 0. The molecule has 2 fully saturated rings. The molecular formula is C13H24N8. The van der Waals surface area contributed by atoms with Crippen LogP contribution in [0.2, 0.25) is 0 Å². The average molecular weight is 292 g/mol. The molecule has 0 aromatic carbocycles. The average Bonchev–Trinajstić information content (AvgIpc) is 2.38. The third kappa shape index (κ3) is 3.39. The molecule has 1 aromatic rings. The highest BCUT2D eigenvalue weighted by Gasteiger charge is 2.27. The van der Waals surface area contributed by atoms with Crippen molar-refractivity contribution in [3.05, 3.63) is 5.82 Å². The van der Waals surface area contributed by atoms with Crippen LogP contribution in [0.5, 0.6) is 0 Å². The monoisotopic (exact) mass is 292 g/mol. The Hall–Kier alpha value is -1.51. The first kappa shape index (κ1) is 14.4. The minimum Gasteiger partial charge on any atom is -0.368 e. The molecule has 0 atom stereocenters. The Morgan fingerprint density at radius 1 is 1.14 bits per heavy atom. The summed E-state index contributed by atoms with van der Waals surface area (Å²) in [7, 11) is 3.81. The van der Waals surface area contributed by atoms with Crippen molar-refractivity contribution in [1.82, 2.24) is 30.1 Å². The van der Waals surface area contributed by atoms with Gasteiger partial charge in [-0.2, -0.15) is 15.0 Å². The summed E-state index contributed by atoms with van der Waals surface area (Å²) in [6.45, 7) is 7.36. The lowest BCUT2D eigenvalue weighted by Crippen LogP contribution is -2.61. The molecule has 0 amide bonds. The van der Waals surface area contributed by atoms with Crippen molar-refractivity contribution >= 4 is 11.9 Å². The Labute approximate surface area is 125 Å². The topological polar surface area (TPSA) is 86.4 Å². The summed E-state index contributed by atoms with van der Waals surface area (Å²) < 4.78 is 0. The third-order valence-electron chi connectivity index (χ3n) is 4.14. The van der Waals surface area contributed by atoms with Gasteiger partial charge in [-0.3, -0.25) is 9.80 Å². The van der Waals surface area contributed by atoms with Gasteiger partial charge in [-0.05, 0) is 0 Å². The highest BCUT2D eigenvalue weighted by atomic mass is 15.3. The standard InChI is InChI=1S/C13H24N8/c1-19(2)13-17-11(16-12(14)18-13)9-20-3-5-21(6-4-20)10-7-15-8-10/h10,15H,3-9H2,1-2H3,(H2,14,16,17,18). The van der Waals surface area contributed by atoms with Gasteiger partial charge in [0.15, 0.2) is 0 Å². The molecule has 0 spiro atoms. The van der Waals surface area contributed by atoms with Crippen LogP contribution >= 0.6 is 0 Å². The van der Waals surface area contributed by atoms with Gasteiger partial charge in [-0.25, -0.2) is 0 Å². The molecule has 0 bridgehead atoms. The van der Waals surface area contributed by atoms with Crippen LogP contribution < -0.4 is 16.0 Å². The molecule has 3 N–H and O–H groups in total. The van der Waals surface area contributed by atoms with Crippen LogP contribution in [0.1, 0.15) is 5.82 Å². The van der Waals surface area contributed by atoms with E-state index in [4.69, 9.17) is 5.73 Å². The lowest BCUT2D eigenvalue weighted by molar-refractivity contribution is 0.0684. The molecule has 3 rings (SSSR count). The second-order valence-corrected chi connectivity index (χ2v) is 5.93. The maximum absolute atomic E-state index is 5.77. The first-order valence-electron chi connectivity index (χ1n) is 7.46. The number of nitrogens with one attached hydrogen (secondary N) is 1.